The molecule has 202 valence electrons. The monoisotopic (exact) mass is 547 g/mol. The number of likely N-dealkylation sites (tertiary alicyclic amines) is 1. The molecule has 4 N–H and O–H groups in total. The fraction of sp³-hybridized carbons (Fsp3) is 0.333. The van der Waals surface area contributed by atoms with Crippen molar-refractivity contribution in [2.24, 2.45) is 5.73 Å². The van der Waals surface area contributed by atoms with Crippen LogP contribution in [0.1, 0.15) is 29.2 Å². The van der Waals surface area contributed by atoms with Gasteiger partial charge < -0.3 is 30.5 Å². The van der Waals surface area contributed by atoms with E-state index in [1.165, 1.54) is 6.07 Å². The summed E-state index contributed by atoms with van der Waals surface area (Å²) in [5.41, 5.74) is 4.81. The van der Waals surface area contributed by atoms with E-state index in [-0.39, 0.29) is 52.7 Å². The summed E-state index contributed by atoms with van der Waals surface area (Å²) in [6, 6.07) is 4.11. The SMILES string of the molecule is C=C(N)c1cc(F)c(CNC(=O)[C@@H]2CCN2C(=O)C(O)c2cc(Cl)cc(OC(F)F)c2)cc1F.COC. The summed E-state index contributed by atoms with van der Waals surface area (Å²) >= 11 is 5.85. The van der Waals surface area contributed by atoms with Crippen LogP contribution in [-0.2, 0) is 20.9 Å². The summed E-state index contributed by atoms with van der Waals surface area (Å²) in [5, 5.41) is 12.8. The van der Waals surface area contributed by atoms with Gasteiger partial charge in [-0.25, -0.2) is 8.78 Å². The van der Waals surface area contributed by atoms with Gasteiger partial charge in [-0.1, -0.05) is 18.2 Å². The number of aliphatic hydroxyl groups excluding tert-OH is 1. The van der Waals surface area contributed by atoms with E-state index < -0.39 is 42.2 Å². The molecule has 2 aromatic rings. The van der Waals surface area contributed by atoms with Crippen molar-refractivity contribution in [3.63, 3.8) is 0 Å². The maximum atomic E-state index is 14.2. The van der Waals surface area contributed by atoms with Crippen molar-refractivity contribution in [1.82, 2.24) is 10.2 Å². The number of ether oxygens (including phenoxy) is 2. The smallest absolute Gasteiger partial charge is 0.387 e. The second-order valence-corrected chi connectivity index (χ2v) is 8.35. The fourth-order valence-electron chi connectivity index (χ4n) is 3.41. The van der Waals surface area contributed by atoms with E-state index >= 15 is 0 Å². The molecule has 1 unspecified atom stereocenters. The van der Waals surface area contributed by atoms with E-state index in [1.54, 1.807) is 14.2 Å². The third kappa shape index (κ3) is 7.81. The summed E-state index contributed by atoms with van der Waals surface area (Å²) in [6.07, 6.45) is -1.53. The Labute approximate surface area is 215 Å². The van der Waals surface area contributed by atoms with Crippen molar-refractivity contribution < 1.29 is 41.7 Å². The minimum atomic E-state index is -3.13. The first-order chi connectivity index (χ1) is 17.4. The normalized spacial score (nSPS) is 15.3. The highest BCUT2D eigenvalue weighted by Gasteiger charge is 2.40. The predicted molar refractivity (Wildman–Crippen MR) is 128 cm³/mol. The quantitative estimate of drug-likeness (QED) is 0.437. The number of halogens is 5. The van der Waals surface area contributed by atoms with Gasteiger partial charge in [0, 0.05) is 49.2 Å². The Morgan fingerprint density at radius 1 is 1.22 bits per heavy atom. The van der Waals surface area contributed by atoms with Crippen molar-refractivity contribution in [2.45, 2.75) is 31.7 Å². The van der Waals surface area contributed by atoms with E-state index in [0.29, 0.717) is 0 Å². The Morgan fingerprint density at radius 3 is 2.41 bits per heavy atom. The van der Waals surface area contributed by atoms with Crippen molar-refractivity contribution >= 4 is 29.1 Å². The molecule has 8 nitrogen and oxygen atoms in total. The summed E-state index contributed by atoms with van der Waals surface area (Å²) in [4.78, 5) is 26.3. The van der Waals surface area contributed by atoms with Crippen LogP contribution in [0, 0.1) is 11.6 Å². The third-order valence-corrected chi connectivity index (χ3v) is 5.43. The van der Waals surface area contributed by atoms with Crippen LogP contribution in [0.2, 0.25) is 5.02 Å². The molecule has 1 saturated heterocycles. The first-order valence-electron chi connectivity index (χ1n) is 10.7. The molecule has 1 fully saturated rings. The van der Waals surface area contributed by atoms with Crippen LogP contribution in [0.15, 0.2) is 36.9 Å². The van der Waals surface area contributed by atoms with Gasteiger partial charge in [-0.2, -0.15) is 8.78 Å². The topological polar surface area (TPSA) is 114 Å². The molecule has 1 aliphatic rings. The molecule has 1 aliphatic heterocycles. The molecule has 0 spiro atoms. The number of nitrogens with two attached hydrogens (primary N) is 1. The number of amides is 2. The summed E-state index contributed by atoms with van der Waals surface area (Å²) < 4.78 is 61.7. The van der Waals surface area contributed by atoms with Crippen LogP contribution in [0.4, 0.5) is 17.6 Å². The fourth-order valence-corrected chi connectivity index (χ4v) is 3.64. The molecular formula is C24H26ClF4N3O5. The number of methoxy groups -OCH3 is 1. The van der Waals surface area contributed by atoms with Crippen molar-refractivity contribution in [1.29, 1.82) is 0 Å². The first-order valence-corrected chi connectivity index (χ1v) is 11.1. The Morgan fingerprint density at radius 2 is 1.86 bits per heavy atom. The third-order valence-electron chi connectivity index (χ3n) is 5.21. The van der Waals surface area contributed by atoms with Gasteiger partial charge in [-0.15, -0.1) is 0 Å². The van der Waals surface area contributed by atoms with Gasteiger partial charge in [-0.3, -0.25) is 9.59 Å². The predicted octanol–water partition coefficient (Wildman–Crippen LogP) is 3.36. The number of hydrogen-bond acceptors (Lipinski definition) is 6. The van der Waals surface area contributed by atoms with Crippen LogP contribution in [0.3, 0.4) is 0 Å². The molecule has 37 heavy (non-hydrogen) atoms. The van der Waals surface area contributed by atoms with Gasteiger partial charge in [-0.05, 0) is 42.3 Å². The molecule has 2 amide bonds. The molecule has 1 heterocycles. The molecule has 0 saturated carbocycles. The van der Waals surface area contributed by atoms with E-state index in [9.17, 15) is 32.3 Å². The van der Waals surface area contributed by atoms with Crippen molar-refractivity contribution in [2.75, 3.05) is 20.8 Å². The van der Waals surface area contributed by atoms with Crippen LogP contribution in [0.5, 0.6) is 5.75 Å². The van der Waals surface area contributed by atoms with Gasteiger partial charge in [0.15, 0.2) is 6.10 Å². The van der Waals surface area contributed by atoms with Crippen molar-refractivity contribution in [3.8, 4) is 5.75 Å². The molecular weight excluding hydrogens is 522 g/mol. The number of nitrogens with zero attached hydrogens (tertiary/aromatic N) is 1. The number of rotatable bonds is 8. The summed E-state index contributed by atoms with van der Waals surface area (Å²) in [6.45, 7) is 0.00438. The maximum Gasteiger partial charge on any atom is 0.387 e. The van der Waals surface area contributed by atoms with Crippen LogP contribution < -0.4 is 15.8 Å². The first kappa shape index (κ1) is 29.9. The molecule has 2 aromatic carbocycles. The zero-order valence-electron chi connectivity index (χ0n) is 19.9. The highest BCUT2D eigenvalue weighted by atomic mass is 35.5. The number of carbonyl (C=O) groups is 2. The zero-order valence-corrected chi connectivity index (χ0v) is 20.7. The summed E-state index contributed by atoms with van der Waals surface area (Å²) in [7, 11) is 3.25. The number of carbonyl (C=O) groups excluding carboxylic acids is 2. The molecule has 0 bridgehead atoms. The van der Waals surface area contributed by atoms with Crippen LogP contribution in [-0.4, -0.2) is 55.2 Å². The lowest BCUT2D eigenvalue weighted by Gasteiger charge is -2.40. The molecule has 0 aliphatic carbocycles. The lowest BCUT2D eigenvalue weighted by Crippen LogP contribution is -2.59. The number of hydrogen-bond donors (Lipinski definition) is 3. The lowest BCUT2D eigenvalue weighted by molar-refractivity contribution is -0.154. The Bertz CT molecular complexity index is 1150. The van der Waals surface area contributed by atoms with Crippen LogP contribution >= 0.6 is 11.6 Å². The average Bonchev–Trinajstić information content (AvgIpc) is 2.77. The van der Waals surface area contributed by atoms with Gasteiger partial charge in [0.05, 0.1) is 0 Å². The largest absolute Gasteiger partial charge is 0.435 e. The molecule has 2 atom stereocenters. The van der Waals surface area contributed by atoms with E-state index in [2.05, 4.69) is 21.4 Å². The lowest BCUT2D eigenvalue weighted by atomic mass is 9.98. The second kappa shape index (κ2) is 13.3. The standard InChI is InChI=1S/C22H20ClF4N3O4.C2H6O/c1-10(28)15-8-16(24)12(6-17(15)25)9-29-20(32)18-2-3-30(18)21(33)19(31)11-4-13(23)7-14(5-11)34-22(26)27;1-3-2/h4-8,18-19,22,31H,1-3,9,28H2,(H,29,32);1-2H3/t18-,19?;/m0./s1. The zero-order chi connectivity index (χ0) is 27.9. The van der Waals surface area contributed by atoms with Gasteiger partial charge in [0.2, 0.25) is 5.91 Å². The Balaban J connectivity index is 0.00000153. The summed E-state index contributed by atoms with van der Waals surface area (Å²) in [5.74, 6) is -3.46. The number of alkyl halides is 2. The van der Waals surface area contributed by atoms with Crippen LogP contribution in [0.25, 0.3) is 5.70 Å². The Hall–Kier alpha value is -3.35. The molecule has 13 heteroatoms. The number of aliphatic hydroxyl groups is 1. The van der Waals surface area contributed by atoms with Crippen molar-refractivity contribution in [3.05, 3.63) is 70.3 Å². The van der Waals surface area contributed by atoms with E-state index in [1.807, 2.05) is 0 Å². The van der Waals surface area contributed by atoms with Gasteiger partial charge in [0.1, 0.15) is 23.4 Å². The maximum absolute atomic E-state index is 14.2. The second-order valence-electron chi connectivity index (χ2n) is 7.91. The Kier molecular flexibility index (Phi) is 10.7. The van der Waals surface area contributed by atoms with E-state index in [0.717, 1.165) is 29.2 Å². The van der Waals surface area contributed by atoms with E-state index in [4.69, 9.17) is 17.3 Å². The number of nitrogens with one attached hydrogen (secondary N) is 1. The average molecular weight is 548 g/mol. The highest BCUT2D eigenvalue weighted by molar-refractivity contribution is 6.30. The molecule has 0 aromatic heterocycles. The van der Waals surface area contributed by atoms with Gasteiger partial charge in [0.25, 0.3) is 5.91 Å². The molecule has 3 rings (SSSR count). The minimum absolute atomic E-state index is 0.0450. The highest BCUT2D eigenvalue weighted by Crippen LogP contribution is 2.30. The van der Waals surface area contributed by atoms with Gasteiger partial charge >= 0.3 is 6.61 Å². The number of benzene rings is 2. The molecule has 0 radical (unpaired) electrons. The minimum Gasteiger partial charge on any atom is -0.435 e.